The van der Waals surface area contributed by atoms with Crippen LogP contribution in [0.3, 0.4) is 0 Å². The lowest BCUT2D eigenvalue weighted by Crippen LogP contribution is -2.49. The van der Waals surface area contributed by atoms with Crippen molar-refractivity contribution < 1.29 is 14.0 Å². The molecule has 9 nitrogen and oxygen atoms in total. The second-order valence-corrected chi connectivity index (χ2v) is 8.24. The fourth-order valence-corrected chi connectivity index (χ4v) is 4.71. The minimum atomic E-state index is -0.195. The Balaban J connectivity index is 1.32. The topological polar surface area (TPSA) is 104 Å². The molecule has 0 spiro atoms. The maximum absolute atomic E-state index is 12.8. The molecule has 2 N–H and O–H groups in total. The third kappa shape index (κ3) is 4.65. The van der Waals surface area contributed by atoms with Gasteiger partial charge in [-0.1, -0.05) is 4.49 Å². The standard InChI is InChI=1S/C19H26N6O3S/c1-24-14(4-5-17(26)20-10-15-3-2-8-28-15)9-21-19(27)18-16(24)6-7-25(18)11-13-12-29-23-22-13/h2-3,8,12,14,16,18H,4-7,9-11H2,1H3,(H,20,26)(H,21,27)/t14-,16+,18-/m0/s1. The number of nitrogens with zero attached hydrogens (tertiary/aromatic N) is 4. The SMILES string of the molecule is CN1[C@@H](CCC(=O)NCc2ccco2)CNC(=O)[C@@H]2[C@H]1CCN2Cc1csnn1. The van der Waals surface area contributed by atoms with Gasteiger partial charge in [-0.2, -0.15) is 0 Å². The van der Waals surface area contributed by atoms with Crippen molar-refractivity contribution in [3.63, 3.8) is 0 Å². The largest absolute Gasteiger partial charge is 0.467 e. The number of hydrogen-bond donors (Lipinski definition) is 2. The van der Waals surface area contributed by atoms with Gasteiger partial charge >= 0.3 is 0 Å². The molecule has 29 heavy (non-hydrogen) atoms. The van der Waals surface area contributed by atoms with Crippen LogP contribution in [0.5, 0.6) is 0 Å². The molecule has 2 saturated heterocycles. The van der Waals surface area contributed by atoms with Crippen LogP contribution in [-0.2, 0) is 22.7 Å². The third-order valence-electron chi connectivity index (χ3n) is 5.86. The Morgan fingerprint density at radius 2 is 2.38 bits per heavy atom. The Hall–Kier alpha value is -2.30. The molecular formula is C19H26N6O3S. The highest BCUT2D eigenvalue weighted by Crippen LogP contribution is 2.28. The monoisotopic (exact) mass is 418 g/mol. The predicted molar refractivity (Wildman–Crippen MR) is 107 cm³/mol. The number of nitrogens with one attached hydrogen (secondary N) is 2. The Kier molecular flexibility index (Phi) is 6.22. The maximum Gasteiger partial charge on any atom is 0.239 e. The second kappa shape index (κ2) is 9.02. The Morgan fingerprint density at radius 3 is 3.14 bits per heavy atom. The van der Waals surface area contributed by atoms with E-state index in [1.165, 1.54) is 11.5 Å². The van der Waals surface area contributed by atoms with E-state index in [4.69, 9.17) is 4.42 Å². The quantitative estimate of drug-likeness (QED) is 0.679. The molecule has 2 aliphatic heterocycles. The molecule has 156 valence electrons. The van der Waals surface area contributed by atoms with Gasteiger partial charge in [0, 0.05) is 43.5 Å². The van der Waals surface area contributed by atoms with E-state index in [2.05, 4.69) is 37.1 Å². The van der Waals surface area contributed by atoms with E-state index >= 15 is 0 Å². The summed E-state index contributed by atoms with van der Waals surface area (Å²) < 4.78 is 9.15. The fourth-order valence-electron chi connectivity index (χ4n) is 4.27. The summed E-state index contributed by atoms with van der Waals surface area (Å²) in [5.41, 5.74) is 0.903. The normalized spacial score (nSPS) is 25.4. The summed E-state index contributed by atoms with van der Waals surface area (Å²) in [5, 5.41) is 12.0. The smallest absolute Gasteiger partial charge is 0.239 e. The zero-order chi connectivity index (χ0) is 20.2. The van der Waals surface area contributed by atoms with Crippen LogP contribution in [0, 0.1) is 0 Å². The lowest BCUT2D eigenvalue weighted by molar-refractivity contribution is -0.126. The van der Waals surface area contributed by atoms with Gasteiger partial charge in [0.15, 0.2) is 0 Å². The van der Waals surface area contributed by atoms with Gasteiger partial charge in [-0.25, -0.2) is 0 Å². The summed E-state index contributed by atoms with van der Waals surface area (Å²) in [4.78, 5) is 29.5. The van der Waals surface area contributed by atoms with Crippen LogP contribution >= 0.6 is 11.5 Å². The summed E-state index contributed by atoms with van der Waals surface area (Å²) >= 11 is 1.33. The van der Waals surface area contributed by atoms with Gasteiger partial charge in [-0.3, -0.25) is 19.4 Å². The number of amides is 2. The van der Waals surface area contributed by atoms with Crippen molar-refractivity contribution in [1.29, 1.82) is 0 Å². The van der Waals surface area contributed by atoms with Gasteiger partial charge < -0.3 is 15.1 Å². The Bertz CT molecular complexity index is 812. The summed E-state index contributed by atoms with van der Waals surface area (Å²) in [5.74, 6) is 0.791. The number of likely N-dealkylation sites (N-methyl/N-ethyl adjacent to an activating group) is 1. The first-order chi connectivity index (χ1) is 14.1. The van der Waals surface area contributed by atoms with E-state index < -0.39 is 0 Å². The maximum atomic E-state index is 12.8. The van der Waals surface area contributed by atoms with Crippen LogP contribution in [0.4, 0.5) is 0 Å². The Morgan fingerprint density at radius 1 is 1.48 bits per heavy atom. The minimum absolute atomic E-state index is 0.00833. The zero-order valence-corrected chi connectivity index (χ0v) is 17.2. The van der Waals surface area contributed by atoms with Gasteiger partial charge in [-0.05, 0) is 43.6 Å². The van der Waals surface area contributed by atoms with Gasteiger partial charge in [0.05, 0.1) is 18.5 Å². The molecule has 2 aromatic heterocycles. The first-order valence-electron chi connectivity index (χ1n) is 9.90. The zero-order valence-electron chi connectivity index (χ0n) is 16.4. The van der Waals surface area contributed by atoms with Gasteiger partial charge in [-0.15, -0.1) is 5.10 Å². The first kappa shape index (κ1) is 20.0. The predicted octanol–water partition coefficient (Wildman–Crippen LogP) is 0.601. The van der Waals surface area contributed by atoms with E-state index in [9.17, 15) is 9.59 Å². The molecule has 0 unspecified atom stereocenters. The van der Waals surface area contributed by atoms with Crippen molar-refractivity contribution >= 4 is 23.3 Å². The number of fused-ring (bicyclic) bond motifs is 1. The lowest BCUT2D eigenvalue weighted by atomic mass is 10.0. The number of rotatable bonds is 7. The second-order valence-electron chi connectivity index (χ2n) is 7.63. The average molecular weight is 419 g/mol. The number of furan rings is 1. The van der Waals surface area contributed by atoms with Gasteiger partial charge in [0.25, 0.3) is 0 Å². The summed E-state index contributed by atoms with van der Waals surface area (Å²) in [6.45, 7) is 2.44. The molecule has 0 saturated carbocycles. The van der Waals surface area contributed by atoms with E-state index in [0.717, 1.165) is 24.4 Å². The summed E-state index contributed by atoms with van der Waals surface area (Å²) in [6, 6.07) is 3.71. The molecule has 2 aromatic rings. The molecule has 4 rings (SSSR count). The lowest BCUT2D eigenvalue weighted by Gasteiger charge is -2.32. The highest BCUT2D eigenvalue weighted by atomic mass is 32.1. The van der Waals surface area contributed by atoms with Crippen LogP contribution in [0.2, 0.25) is 0 Å². The number of carbonyl (C=O) groups is 2. The first-order valence-corrected chi connectivity index (χ1v) is 10.7. The summed E-state index contributed by atoms with van der Waals surface area (Å²) in [7, 11) is 2.07. The fraction of sp³-hybridized carbons (Fsp3) is 0.579. The molecule has 0 aliphatic carbocycles. The van der Waals surface area contributed by atoms with Crippen molar-refractivity contribution in [1.82, 2.24) is 30.0 Å². The molecule has 10 heteroatoms. The van der Waals surface area contributed by atoms with Crippen LogP contribution in [0.25, 0.3) is 0 Å². The molecule has 2 aliphatic rings. The third-order valence-corrected chi connectivity index (χ3v) is 6.42. The van der Waals surface area contributed by atoms with Crippen LogP contribution < -0.4 is 10.6 Å². The van der Waals surface area contributed by atoms with Crippen molar-refractivity contribution in [2.75, 3.05) is 20.1 Å². The van der Waals surface area contributed by atoms with Crippen molar-refractivity contribution in [3.8, 4) is 0 Å². The molecule has 0 aromatic carbocycles. The van der Waals surface area contributed by atoms with E-state index in [0.29, 0.717) is 32.5 Å². The van der Waals surface area contributed by atoms with Crippen LogP contribution in [-0.4, -0.2) is 69.5 Å². The van der Waals surface area contributed by atoms with Crippen LogP contribution in [0.1, 0.15) is 30.7 Å². The molecule has 2 amide bonds. The molecule has 2 fully saturated rings. The van der Waals surface area contributed by atoms with E-state index in [1.807, 2.05) is 11.4 Å². The van der Waals surface area contributed by atoms with Gasteiger partial charge in [0.2, 0.25) is 11.8 Å². The highest BCUT2D eigenvalue weighted by molar-refractivity contribution is 7.03. The minimum Gasteiger partial charge on any atom is -0.467 e. The van der Waals surface area contributed by atoms with Crippen molar-refractivity contribution in [2.45, 2.75) is 50.5 Å². The molecule has 4 heterocycles. The number of aromatic nitrogens is 2. The molecule has 0 bridgehead atoms. The summed E-state index contributed by atoms with van der Waals surface area (Å²) in [6.07, 6.45) is 3.63. The molecular weight excluding hydrogens is 392 g/mol. The Labute approximate surface area is 173 Å². The van der Waals surface area contributed by atoms with Crippen LogP contribution in [0.15, 0.2) is 28.2 Å². The highest BCUT2D eigenvalue weighted by Gasteiger charge is 2.45. The van der Waals surface area contributed by atoms with Gasteiger partial charge in [0.1, 0.15) is 11.8 Å². The van der Waals surface area contributed by atoms with E-state index in [-0.39, 0.29) is 29.9 Å². The van der Waals surface area contributed by atoms with Crippen molar-refractivity contribution in [3.05, 3.63) is 35.2 Å². The molecule has 3 atom stereocenters. The van der Waals surface area contributed by atoms with Crippen molar-refractivity contribution in [2.24, 2.45) is 0 Å². The number of carbonyl (C=O) groups excluding carboxylic acids is 2. The average Bonchev–Trinajstić information content (AvgIpc) is 3.47. The number of hydrogen-bond acceptors (Lipinski definition) is 8. The number of likely N-dealkylation sites (tertiary alicyclic amines) is 1. The van der Waals surface area contributed by atoms with E-state index in [1.54, 1.807) is 12.3 Å². The molecule has 0 radical (unpaired) electrons.